The van der Waals surface area contributed by atoms with Gasteiger partial charge in [-0.25, -0.2) is 0 Å². The van der Waals surface area contributed by atoms with E-state index in [9.17, 15) is 4.79 Å². The van der Waals surface area contributed by atoms with Crippen LogP contribution >= 0.6 is 12.6 Å². The van der Waals surface area contributed by atoms with Crippen molar-refractivity contribution in [2.45, 2.75) is 23.6 Å². The summed E-state index contributed by atoms with van der Waals surface area (Å²) in [5.74, 6) is 0.246. The van der Waals surface area contributed by atoms with Crippen LogP contribution in [0.2, 0.25) is 0 Å². The van der Waals surface area contributed by atoms with Gasteiger partial charge in [0.2, 0.25) is 0 Å². The van der Waals surface area contributed by atoms with Gasteiger partial charge < -0.3 is 4.90 Å². The molecule has 1 unspecified atom stereocenters. The van der Waals surface area contributed by atoms with Gasteiger partial charge in [0.25, 0.3) is 0 Å². The molecule has 1 aliphatic heterocycles. The fourth-order valence-electron chi connectivity index (χ4n) is 2.45. The lowest BCUT2D eigenvalue weighted by Gasteiger charge is -2.38. The first-order chi connectivity index (χ1) is 7.60. The van der Waals surface area contributed by atoms with Crippen molar-refractivity contribution in [3.8, 4) is 0 Å². The molecule has 0 N–H and O–H groups in total. The summed E-state index contributed by atoms with van der Waals surface area (Å²) in [4.78, 5) is 16.9. The molecule has 3 nitrogen and oxygen atoms in total. The van der Waals surface area contributed by atoms with E-state index in [4.69, 9.17) is 0 Å². The van der Waals surface area contributed by atoms with Gasteiger partial charge in [-0.1, -0.05) is 6.08 Å². The van der Waals surface area contributed by atoms with Crippen LogP contribution in [0.5, 0.6) is 0 Å². The molecule has 1 saturated carbocycles. The molecule has 1 heterocycles. The Morgan fingerprint density at radius 1 is 1.38 bits per heavy atom. The zero-order valence-corrected chi connectivity index (χ0v) is 10.7. The van der Waals surface area contributed by atoms with E-state index in [1.165, 1.54) is 0 Å². The maximum absolute atomic E-state index is 12.2. The van der Waals surface area contributed by atoms with E-state index in [1.54, 1.807) is 6.08 Å². The minimum absolute atomic E-state index is 0.193. The summed E-state index contributed by atoms with van der Waals surface area (Å²) < 4.78 is 0. The lowest BCUT2D eigenvalue weighted by atomic mass is 10.0. The van der Waals surface area contributed by atoms with Gasteiger partial charge in [-0.2, -0.15) is 12.6 Å². The Hall–Kier alpha value is -0.320. The summed E-state index contributed by atoms with van der Waals surface area (Å²) in [5, 5.41) is -0.304. The van der Waals surface area contributed by atoms with E-state index in [1.807, 2.05) is 0 Å². The van der Waals surface area contributed by atoms with Crippen molar-refractivity contribution < 1.29 is 4.79 Å². The van der Waals surface area contributed by atoms with Crippen molar-refractivity contribution in [2.24, 2.45) is 0 Å². The van der Waals surface area contributed by atoms with Crippen LogP contribution in [-0.2, 0) is 4.79 Å². The smallest absolute Gasteiger partial charge is 0.169 e. The third-order valence-electron chi connectivity index (χ3n) is 3.78. The zero-order valence-electron chi connectivity index (χ0n) is 9.85. The highest BCUT2D eigenvalue weighted by atomic mass is 32.1. The molecule has 2 rings (SSSR count). The largest absolute Gasteiger partial charge is 0.304 e. The Kier molecular flexibility index (Phi) is 3.42. The first-order valence-corrected chi connectivity index (χ1v) is 6.40. The maximum atomic E-state index is 12.2. The van der Waals surface area contributed by atoms with Crippen LogP contribution < -0.4 is 0 Å². The van der Waals surface area contributed by atoms with Crippen LogP contribution in [0.3, 0.4) is 0 Å². The van der Waals surface area contributed by atoms with Crippen molar-refractivity contribution in [3.05, 3.63) is 12.7 Å². The quantitative estimate of drug-likeness (QED) is 0.581. The van der Waals surface area contributed by atoms with Gasteiger partial charge in [0.15, 0.2) is 5.78 Å². The Morgan fingerprint density at radius 2 is 1.94 bits per heavy atom. The van der Waals surface area contributed by atoms with Crippen LogP contribution in [0, 0.1) is 0 Å². The molecule has 0 bridgehead atoms. The van der Waals surface area contributed by atoms with E-state index in [0.29, 0.717) is 0 Å². The highest BCUT2D eigenvalue weighted by molar-refractivity contribution is 7.82. The summed E-state index contributed by atoms with van der Waals surface area (Å²) in [6, 6.07) is 0. The average molecular weight is 240 g/mol. The first-order valence-electron chi connectivity index (χ1n) is 5.89. The monoisotopic (exact) mass is 240 g/mol. The molecule has 0 amide bonds. The Balaban J connectivity index is 2.02. The zero-order chi connectivity index (χ0) is 11.8. The van der Waals surface area contributed by atoms with Crippen LogP contribution in [-0.4, -0.2) is 59.6 Å². The second-order valence-electron chi connectivity index (χ2n) is 4.87. The van der Waals surface area contributed by atoms with Crippen LogP contribution in [0.1, 0.15) is 12.8 Å². The fourth-order valence-corrected chi connectivity index (χ4v) is 2.69. The number of carbonyl (C=O) groups excluding carboxylic acids is 1. The minimum atomic E-state index is -0.304. The predicted octanol–water partition coefficient (Wildman–Crippen LogP) is 0.820. The minimum Gasteiger partial charge on any atom is -0.304 e. The topological polar surface area (TPSA) is 23.6 Å². The first kappa shape index (κ1) is 12.1. The van der Waals surface area contributed by atoms with Crippen molar-refractivity contribution in [1.29, 1.82) is 0 Å². The molecule has 0 spiro atoms. The van der Waals surface area contributed by atoms with Crippen molar-refractivity contribution in [2.75, 3.05) is 33.2 Å². The van der Waals surface area contributed by atoms with Crippen molar-refractivity contribution >= 4 is 18.4 Å². The summed E-state index contributed by atoms with van der Waals surface area (Å²) in [6.45, 7) is 7.77. The molecule has 4 heteroatoms. The second kappa shape index (κ2) is 4.51. The fraction of sp³-hybridized carbons (Fsp3) is 0.750. The number of likely N-dealkylation sites (N-methyl/N-ethyl adjacent to an activating group) is 1. The number of ketones is 1. The van der Waals surface area contributed by atoms with Crippen molar-refractivity contribution in [3.63, 3.8) is 0 Å². The molecule has 2 fully saturated rings. The van der Waals surface area contributed by atoms with Crippen LogP contribution in [0.4, 0.5) is 0 Å². The second-order valence-corrected chi connectivity index (χ2v) is 5.42. The number of nitrogens with zero attached hydrogens (tertiary/aromatic N) is 2. The molecule has 0 radical (unpaired) electrons. The lowest BCUT2D eigenvalue weighted by molar-refractivity contribution is -0.125. The maximum Gasteiger partial charge on any atom is 0.169 e. The summed E-state index contributed by atoms with van der Waals surface area (Å²) >= 11 is 4.29. The third-order valence-corrected chi connectivity index (χ3v) is 4.23. The van der Waals surface area contributed by atoms with E-state index in [-0.39, 0.29) is 16.6 Å². The highest BCUT2D eigenvalue weighted by Crippen LogP contribution is 2.44. The number of hydrogen-bond donors (Lipinski definition) is 1. The Labute approximate surface area is 103 Å². The molecular formula is C12H20N2OS. The molecule has 1 atom stereocenters. The van der Waals surface area contributed by atoms with Gasteiger partial charge in [0.05, 0.1) is 10.8 Å². The Bertz CT molecular complexity index is 293. The molecular weight excluding hydrogens is 220 g/mol. The standard InChI is InChI=1S/C12H20N2OS/c1-3-10(16)11(15)12(4-5-12)14-8-6-13(2)7-9-14/h3,10,16H,1,4-9H2,2H3. The van der Waals surface area contributed by atoms with Gasteiger partial charge in [-0.3, -0.25) is 9.69 Å². The summed E-state index contributed by atoms with van der Waals surface area (Å²) in [5.41, 5.74) is -0.193. The van der Waals surface area contributed by atoms with Gasteiger partial charge in [-0.15, -0.1) is 6.58 Å². The normalized spacial score (nSPS) is 27.4. The summed E-state index contributed by atoms with van der Waals surface area (Å²) in [7, 11) is 2.13. The van der Waals surface area contributed by atoms with E-state index in [0.717, 1.165) is 39.0 Å². The van der Waals surface area contributed by atoms with Crippen LogP contribution in [0.15, 0.2) is 12.7 Å². The molecule has 0 aromatic heterocycles. The highest BCUT2D eigenvalue weighted by Gasteiger charge is 2.55. The van der Waals surface area contributed by atoms with Gasteiger partial charge in [-0.05, 0) is 19.9 Å². The third kappa shape index (κ3) is 2.06. The molecule has 0 aromatic rings. The molecule has 0 aromatic carbocycles. The molecule has 1 aliphatic carbocycles. The van der Waals surface area contributed by atoms with Gasteiger partial charge in [0, 0.05) is 26.2 Å². The number of rotatable bonds is 4. The average Bonchev–Trinajstić information content (AvgIpc) is 3.09. The SMILES string of the molecule is C=CC(S)C(=O)C1(N2CCN(C)CC2)CC1. The number of hydrogen-bond acceptors (Lipinski definition) is 4. The predicted molar refractivity (Wildman–Crippen MR) is 69.0 cm³/mol. The van der Waals surface area contributed by atoms with E-state index in [2.05, 4.69) is 36.1 Å². The van der Waals surface area contributed by atoms with Crippen molar-refractivity contribution in [1.82, 2.24) is 9.80 Å². The molecule has 2 aliphatic rings. The molecule has 16 heavy (non-hydrogen) atoms. The van der Waals surface area contributed by atoms with E-state index >= 15 is 0 Å². The van der Waals surface area contributed by atoms with Gasteiger partial charge in [0.1, 0.15) is 0 Å². The number of thiol groups is 1. The molecule has 90 valence electrons. The van der Waals surface area contributed by atoms with Gasteiger partial charge >= 0.3 is 0 Å². The van der Waals surface area contributed by atoms with E-state index < -0.39 is 0 Å². The Morgan fingerprint density at radius 3 is 2.38 bits per heavy atom. The van der Waals surface area contributed by atoms with Crippen LogP contribution in [0.25, 0.3) is 0 Å². The molecule has 1 saturated heterocycles. The number of piperazine rings is 1. The number of carbonyl (C=O) groups is 1. The number of Topliss-reactive ketones (excluding diaryl/α,β-unsaturated/α-hetero) is 1. The lowest BCUT2D eigenvalue weighted by Crippen LogP contribution is -2.54. The summed E-state index contributed by atoms with van der Waals surface area (Å²) in [6.07, 6.45) is 3.64.